The number of carbonyl (C=O) groups excluding carboxylic acids is 1. The zero-order valence-corrected chi connectivity index (χ0v) is 9.07. The van der Waals surface area contributed by atoms with Gasteiger partial charge >= 0.3 is 6.03 Å². The molecular formula is C10H9F2N3O3. The molecule has 0 radical (unpaired) electrons. The Morgan fingerprint density at radius 1 is 1.39 bits per heavy atom. The Hall–Kier alpha value is -2.25. The summed E-state index contributed by atoms with van der Waals surface area (Å²) in [6, 6.07) is 0.300. The van der Waals surface area contributed by atoms with Gasteiger partial charge in [0, 0.05) is 12.1 Å². The Balaban J connectivity index is 2.24. The van der Waals surface area contributed by atoms with Gasteiger partial charge in [0.2, 0.25) is 0 Å². The lowest BCUT2D eigenvalue weighted by molar-refractivity contribution is -0.384. The van der Waals surface area contributed by atoms with E-state index in [1.54, 1.807) is 0 Å². The SMILES string of the molecule is O=C(Nc1c(F)cc(F)cc1[N+](=O)[O-])NC1CC1. The number of rotatable bonds is 3. The molecule has 0 atom stereocenters. The van der Waals surface area contributed by atoms with Crippen molar-refractivity contribution < 1.29 is 18.5 Å². The molecule has 96 valence electrons. The second-order valence-electron chi connectivity index (χ2n) is 3.91. The standard InChI is InChI=1S/C10H9F2N3O3/c11-5-3-7(12)9(8(4-5)15(17)18)14-10(16)13-6-1-2-6/h3-4,6H,1-2H2,(H2,13,14,16). The van der Waals surface area contributed by atoms with Crippen molar-refractivity contribution in [1.82, 2.24) is 5.32 Å². The molecule has 6 nitrogen and oxygen atoms in total. The molecular weight excluding hydrogens is 248 g/mol. The van der Waals surface area contributed by atoms with E-state index in [1.165, 1.54) is 0 Å². The summed E-state index contributed by atoms with van der Waals surface area (Å²) in [4.78, 5) is 21.1. The maximum atomic E-state index is 13.4. The van der Waals surface area contributed by atoms with Crippen molar-refractivity contribution in [2.24, 2.45) is 0 Å². The number of halogens is 2. The predicted molar refractivity (Wildman–Crippen MR) is 58.2 cm³/mol. The third kappa shape index (κ3) is 2.70. The van der Waals surface area contributed by atoms with Crippen LogP contribution in [0.15, 0.2) is 12.1 Å². The Morgan fingerprint density at radius 3 is 2.61 bits per heavy atom. The molecule has 0 spiro atoms. The van der Waals surface area contributed by atoms with E-state index in [1.807, 2.05) is 5.32 Å². The Morgan fingerprint density at radius 2 is 2.06 bits per heavy atom. The first-order chi connectivity index (χ1) is 8.47. The van der Waals surface area contributed by atoms with Gasteiger partial charge in [0.15, 0.2) is 11.5 Å². The molecule has 2 N–H and O–H groups in total. The second kappa shape index (κ2) is 4.55. The lowest BCUT2D eigenvalue weighted by atomic mass is 10.2. The summed E-state index contributed by atoms with van der Waals surface area (Å²) in [7, 11) is 0. The van der Waals surface area contributed by atoms with Crippen molar-refractivity contribution in [2.75, 3.05) is 5.32 Å². The summed E-state index contributed by atoms with van der Waals surface area (Å²) < 4.78 is 26.3. The fraction of sp³-hybridized carbons (Fsp3) is 0.300. The van der Waals surface area contributed by atoms with E-state index in [2.05, 4.69) is 5.32 Å². The monoisotopic (exact) mass is 257 g/mol. The maximum absolute atomic E-state index is 13.4. The van der Waals surface area contributed by atoms with Crippen LogP contribution in [0.2, 0.25) is 0 Å². The number of carbonyl (C=O) groups is 1. The van der Waals surface area contributed by atoms with Crippen molar-refractivity contribution in [3.63, 3.8) is 0 Å². The van der Waals surface area contributed by atoms with Crippen molar-refractivity contribution in [3.8, 4) is 0 Å². The van der Waals surface area contributed by atoms with Crippen LogP contribution in [-0.4, -0.2) is 17.0 Å². The highest BCUT2D eigenvalue weighted by Gasteiger charge is 2.26. The van der Waals surface area contributed by atoms with Crippen molar-refractivity contribution in [3.05, 3.63) is 33.9 Å². The van der Waals surface area contributed by atoms with Crippen LogP contribution in [-0.2, 0) is 0 Å². The highest BCUT2D eigenvalue weighted by Crippen LogP contribution is 2.28. The summed E-state index contributed by atoms with van der Waals surface area (Å²) in [6.07, 6.45) is 1.64. The molecule has 1 aliphatic rings. The maximum Gasteiger partial charge on any atom is 0.319 e. The zero-order chi connectivity index (χ0) is 13.3. The molecule has 1 aliphatic carbocycles. The molecule has 18 heavy (non-hydrogen) atoms. The van der Waals surface area contributed by atoms with Gasteiger partial charge in [-0.15, -0.1) is 0 Å². The summed E-state index contributed by atoms with van der Waals surface area (Å²) in [6.45, 7) is 0. The zero-order valence-electron chi connectivity index (χ0n) is 9.07. The number of hydrogen-bond acceptors (Lipinski definition) is 3. The molecule has 0 aliphatic heterocycles. The lowest BCUT2D eigenvalue weighted by Crippen LogP contribution is -2.31. The van der Waals surface area contributed by atoms with Gasteiger partial charge < -0.3 is 5.32 Å². The highest BCUT2D eigenvalue weighted by molar-refractivity contribution is 5.92. The van der Waals surface area contributed by atoms with E-state index in [-0.39, 0.29) is 6.04 Å². The van der Waals surface area contributed by atoms with Crippen LogP contribution in [0.25, 0.3) is 0 Å². The molecule has 1 saturated carbocycles. The van der Waals surface area contributed by atoms with Gasteiger partial charge in [-0.2, -0.15) is 0 Å². The van der Waals surface area contributed by atoms with Crippen LogP contribution in [0.1, 0.15) is 12.8 Å². The molecule has 0 saturated heterocycles. The fourth-order valence-electron chi connectivity index (χ4n) is 1.39. The number of urea groups is 1. The normalized spacial score (nSPS) is 14.1. The predicted octanol–water partition coefficient (Wildman–Crippen LogP) is 2.16. The average Bonchev–Trinajstić information content (AvgIpc) is 3.05. The summed E-state index contributed by atoms with van der Waals surface area (Å²) in [5.74, 6) is -2.26. The molecule has 2 rings (SSSR count). The number of nitro groups is 1. The quantitative estimate of drug-likeness (QED) is 0.642. The molecule has 1 aromatic rings. The van der Waals surface area contributed by atoms with E-state index >= 15 is 0 Å². The van der Waals surface area contributed by atoms with E-state index in [4.69, 9.17) is 0 Å². The van der Waals surface area contributed by atoms with Crippen molar-refractivity contribution in [1.29, 1.82) is 0 Å². The average molecular weight is 257 g/mol. The first kappa shape index (κ1) is 12.2. The summed E-state index contributed by atoms with van der Waals surface area (Å²) in [5.41, 5.74) is -1.46. The van der Waals surface area contributed by atoms with Gasteiger partial charge in [-0.3, -0.25) is 15.4 Å². The number of amides is 2. The number of nitrogens with zero attached hydrogens (tertiary/aromatic N) is 1. The van der Waals surface area contributed by atoms with Crippen molar-refractivity contribution in [2.45, 2.75) is 18.9 Å². The third-order valence-corrected chi connectivity index (χ3v) is 2.38. The largest absolute Gasteiger partial charge is 0.335 e. The Bertz CT molecular complexity index is 517. The first-order valence-electron chi connectivity index (χ1n) is 5.18. The first-order valence-corrected chi connectivity index (χ1v) is 5.18. The molecule has 2 amide bonds. The van der Waals surface area contributed by atoms with Gasteiger partial charge in [-0.1, -0.05) is 0 Å². The third-order valence-electron chi connectivity index (χ3n) is 2.38. The minimum Gasteiger partial charge on any atom is -0.335 e. The fourth-order valence-corrected chi connectivity index (χ4v) is 1.39. The molecule has 1 fully saturated rings. The molecule has 0 unspecified atom stereocenters. The number of benzene rings is 1. The van der Waals surface area contributed by atoms with E-state index in [0.717, 1.165) is 12.8 Å². The molecule has 0 bridgehead atoms. The van der Waals surface area contributed by atoms with E-state index in [9.17, 15) is 23.7 Å². The second-order valence-corrected chi connectivity index (χ2v) is 3.91. The topological polar surface area (TPSA) is 84.3 Å². The van der Waals surface area contributed by atoms with E-state index in [0.29, 0.717) is 12.1 Å². The van der Waals surface area contributed by atoms with E-state index < -0.39 is 34.0 Å². The van der Waals surface area contributed by atoms with Crippen LogP contribution < -0.4 is 10.6 Å². The van der Waals surface area contributed by atoms with Gasteiger partial charge in [-0.25, -0.2) is 13.6 Å². The van der Waals surface area contributed by atoms with Crippen LogP contribution in [0.3, 0.4) is 0 Å². The van der Waals surface area contributed by atoms with Crippen molar-refractivity contribution >= 4 is 17.4 Å². The lowest BCUT2D eigenvalue weighted by Gasteiger charge is -2.08. The Kier molecular flexibility index (Phi) is 3.09. The highest BCUT2D eigenvalue weighted by atomic mass is 19.1. The van der Waals surface area contributed by atoms with Crippen LogP contribution in [0.4, 0.5) is 25.0 Å². The Labute approximate surface area is 100 Å². The summed E-state index contributed by atoms with van der Waals surface area (Å²) in [5, 5.41) is 15.1. The van der Waals surface area contributed by atoms with Crippen LogP contribution >= 0.6 is 0 Å². The molecule has 8 heteroatoms. The number of nitro benzene ring substituents is 1. The van der Waals surface area contributed by atoms with Gasteiger partial charge in [-0.05, 0) is 12.8 Å². The minimum atomic E-state index is -1.19. The number of hydrogen-bond donors (Lipinski definition) is 2. The minimum absolute atomic E-state index is 0.0209. The molecule has 0 aromatic heterocycles. The van der Waals surface area contributed by atoms with Crippen LogP contribution in [0, 0.1) is 21.7 Å². The molecule has 1 aromatic carbocycles. The molecule has 0 heterocycles. The van der Waals surface area contributed by atoms with Gasteiger partial charge in [0.1, 0.15) is 5.82 Å². The van der Waals surface area contributed by atoms with Gasteiger partial charge in [0.05, 0.1) is 11.0 Å². The summed E-state index contributed by atoms with van der Waals surface area (Å²) >= 11 is 0. The smallest absolute Gasteiger partial charge is 0.319 e. The van der Waals surface area contributed by atoms with Gasteiger partial charge in [0.25, 0.3) is 5.69 Å². The number of nitrogens with one attached hydrogen (secondary N) is 2. The number of anilines is 1. The van der Waals surface area contributed by atoms with Crippen LogP contribution in [0.5, 0.6) is 0 Å².